The van der Waals surface area contributed by atoms with Crippen molar-refractivity contribution in [2.24, 2.45) is 5.92 Å². The Morgan fingerprint density at radius 2 is 1.00 bits per heavy atom. The van der Waals surface area contributed by atoms with E-state index in [2.05, 4.69) is 25.7 Å². The quantitative estimate of drug-likeness (QED) is 0.0508. The van der Waals surface area contributed by atoms with Gasteiger partial charge in [-0.15, -0.1) is 0 Å². The molecule has 6 nitrogen and oxygen atoms in total. The van der Waals surface area contributed by atoms with Gasteiger partial charge in [0.05, 0.1) is 6.61 Å². The van der Waals surface area contributed by atoms with Crippen LogP contribution < -0.4 is 0 Å². The van der Waals surface area contributed by atoms with Crippen molar-refractivity contribution in [3.63, 3.8) is 0 Å². The molecule has 0 aromatic rings. The summed E-state index contributed by atoms with van der Waals surface area (Å²) in [7, 11) is 0. The lowest BCUT2D eigenvalue weighted by molar-refractivity contribution is -0.151. The van der Waals surface area contributed by atoms with Crippen molar-refractivity contribution >= 4 is 11.9 Å². The lowest BCUT2D eigenvalue weighted by Crippen LogP contribution is -2.29. The maximum absolute atomic E-state index is 12.7. The predicted octanol–water partition coefficient (Wildman–Crippen LogP) is 12.7. The second-order valence-corrected chi connectivity index (χ2v) is 16.1. The van der Waals surface area contributed by atoms with Crippen LogP contribution in [0.15, 0.2) is 0 Å². The predicted molar refractivity (Wildman–Crippen MR) is 216 cm³/mol. The maximum atomic E-state index is 12.7. The van der Waals surface area contributed by atoms with Crippen LogP contribution in [0.5, 0.6) is 0 Å². The number of hydrogen-bond donors (Lipinski definition) is 1. The summed E-state index contributed by atoms with van der Waals surface area (Å²) in [4.78, 5) is 27.4. The molecule has 0 spiro atoms. The van der Waals surface area contributed by atoms with Gasteiger partial charge in [-0.1, -0.05) is 143 Å². The first-order chi connectivity index (χ1) is 25.0. The van der Waals surface area contributed by atoms with E-state index in [-0.39, 0.29) is 30.8 Å². The minimum absolute atomic E-state index is 0.00677. The number of hydrogen-bond acceptors (Lipinski definition) is 6. The Kier molecular flexibility index (Phi) is 33.7. The van der Waals surface area contributed by atoms with Crippen LogP contribution in [-0.4, -0.2) is 60.4 Å². The summed E-state index contributed by atoms with van der Waals surface area (Å²) in [6.07, 6.45) is 38.4. The van der Waals surface area contributed by atoms with Crippen LogP contribution in [0.1, 0.15) is 233 Å². The first kappa shape index (κ1) is 47.9. The van der Waals surface area contributed by atoms with Crippen molar-refractivity contribution in [2.45, 2.75) is 245 Å². The number of carbonyl (C=O) groups is 2. The monoisotopic (exact) mass is 722 g/mol. The van der Waals surface area contributed by atoms with E-state index < -0.39 is 0 Å². The Hall–Kier alpha value is -1.14. The maximum Gasteiger partial charge on any atom is 0.306 e. The Morgan fingerprint density at radius 1 is 0.549 bits per heavy atom. The SMILES string of the molecule is CCCCCCCCC(CCCCCCCC)OC(=O)CCCCCCCN(CCO)CCCCCCCC(=O)OC1CCC(CCCC)CC1. The molecule has 0 radical (unpaired) electrons. The van der Waals surface area contributed by atoms with Gasteiger partial charge >= 0.3 is 11.9 Å². The van der Waals surface area contributed by atoms with Gasteiger partial charge in [0.2, 0.25) is 0 Å². The third-order valence-electron chi connectivity index (χ3n) is 11.2. The molecule has 0 atom stereocenters. The number of carbonyl (C=O) groups excluding carboxylic acids is 2. The molecular weight excluding hydrogens is 634 g/mol. The molecule has 0 bridgehead atoms. The van der Waals surface area contributed by atoms with Crippen LogP contribution >= 0.6 is 0 Å². The van der Waals surface area contributed by atoms with E-state index in [1.54, 1.807) is 0 Å². The molecule has 0 aliphatic heterocycles. The van der Waals surface area contributed by atoms with Gasteiger partial charge in [0.1, 0.15) is 12.2 Å². The molecule has 1 rings (SSSR count). The lowest BCUT2D eigenvalue weighted by Gasteiger charge is -2.28. The van der Waals surface area contributed by atoms with Crippen molar-refractivity contribution in [1.29, 1.82) is 0 Å². The van der Waals surface area contributed by atoms with Crippen LogP contribution in [0.4, 0.5) is 0 Å². The zero-order chi connectivity index (χ0) is 37.0. The van der Waals surface area contributed by atoms with E-state index in [4.69, 9.17) is 9.47 Å². The topological polar surface area (TPSA) is 76.1 Å². The highest BCUT2D eigenvalue weighted by atomic mass is 16.5. The van der Waals surface area contributed by atoms with E-state index in [0.717, 1.165) is 103 Å². The van der Waals surface area contributed by atoms with Crippen molar-refractivity contribution < 1.29 is 24.2 Å². The average molecular weight is 722 g/mol. The van der Waals surface area contributed by atoms with Gasteiger partial charge in [-0.25, -0.2) is 0 Å². The Balaban J connectivity index is 2.10. The molecule has 51 heavy (non-hydrogen) atoms. The number of aliphatic hydroxyl groups excluding tert-OH is 1. The minimum Gasteiger partial charge on any atom is -0.462 e. The number of rotatable bonds is 37. The van der Waals surface area contributed by atoms with Gasteiger partial charge in [0, 0.05) is 19.4 Å². The second kappa shape index (κ2) is 35.9. The minimum atomic E-state index is 0.00677. The van der Waals surface area contributed by atoms with Crippen molar-refractivity contribution in [3.05, 3.63) is 0 Å². The van der Waals surface area contributed by atoms with Gasteiger partial charge in [-0.2, -0.15) is 0 Å². The highest BCUT2D eigenvalue weighted by Crippen LogP contribution is 2.30. The highest BCUT2D eigenvalue weighted by molar-refractivity contribution is 5.69. The third-order valence-corrected chi connectivity index (χ3v) is 11.2. The van der Waals surface area contributed by atoms with E-state index in [0.29, 0.717) is 12.8 Å². The Labute approximate surface area is 317 Å². The Morgan fingerprint density at radius 3 is 1.51 bits per heavy atom. The zero-order valence-corrected chi connectivity index (χ0v) is 34.4. The first-order valence-electron chi connectivity index (χ1n) is 22.7. The fourth-order valence-electron chi connectivity index (χ4n) is 7.83. The molecule has 1 N–H and O–H groups in total. The molecule has 1 aliphatic carbocycles. The Bertz CT molecular complexity index is 752. The molecule has 0 unspecified atom stereocenters. The summed E-state index contributed by atoms with van der Waals surface area (Å²) in [6, 6.07) is 0. The molecule has 1 fully saturated rings. The summed E-state index contributed by atoms with van der Waals surface area (Å²) >= 11 is 0. The highest BCUT2D eigenvalue weighted by Gasteiger charge is 2.23. The van der Waals surface area contributed by atoms with Gasteiger partial charge in [-0.3, -0.25) is 9.59 Å². The van der Waals surface area contributed by atoms with Crippen molar-refractivity contribution in [3.8, 4) is 0 Å². The number of nitrogens with zero attached hydrogens (tertiary/aromatic N) is 1. The second-order valence-electron chi connectivity index (χ2n) is 16.1. The van der Waals surface area contributed by atoms with Crippen LogP contribution in [0.25, 0.3) is 0 Å². The number of ether oxygens (including phenoxy) is 2. The number of aliphatic hydroxyl groups is 1. The molecule has 0 aromatic heterocycles. The largest absolute Gasteiger partial charge is 0.462 e. The van der Waals surface area contributed by atoms with Crippen LogP contribution in [0.3, 0.4) is 0 Å². The summed E-state index contributed by atoms with van der Waals surface area (Å²) in [6.45, 7) is 9.81. The molecule has 0 heterocycles. The van der Waals surface area contributed by atoms with Crippen molar-refractivity contribution in [1.82, 2.24) is 4.90 Å². The summed E-state index contributed by atoms with van der Waals surface area (Å²) in [5.41, 5.74) is 0. The van der Waals surface area contributed by atoms with Gasteiger partial charge < -0.3 is 19.5 Å². The first-order valence-corrected chi connectivity index (χ1v) is 22.7. The zero-order valence-electron chi connectivity index (χ0n) is 34.4. The summed E-state index contributed by atoms with van der Waals surface area (Å²) in [5, 5.41) is 9.57. The van der Waals surface area contributed by atoms with E-state index in [9.17, 15) is 14.7 Å². The van der Waals surface area contributed by atoms with Gasteiger partial charge in [-0.05, 0) is 96.1 Å². The molecule has 0 amide bonds. The number of unbranched alkanes of at least 4 members (excludes halogenated alkanes) is 19. The van der Waals surface area contributed by atoms with Crippen LogP contribution in [0.2, 0.25) is 0 Å². The molecule has 1 aliphatic rings. The summed E-state index contributed by atoms with van der Waals surface area (Å²) < 4.78 is 11.8. The molecule has 0 aromatic carbocycles. The molecular formula is C45H87NO5. The van der Waals surface area contributed by atoms with E-state index in [1.807, 2.05) is 0 Å². The van der Waals surface area contributed by atoms with E-state index in [1.165, 1.54) is 122 Å². The van der Waals surface area contributed by atoms with E-state index >= 15 is 0 Å². The van der Waals surface area contributed by atoms with Crippen LogP contribution in [-0.2, 0) is 19.1 Å². The van der Waals surface area contributed by atoms with Gasteiger partial charge in [0.15, 0.2) is 0 Å². The standard InChI is InChI=1S/C45H87NO5/c1-4-7-10-12-16-22-29-42(30-23-17-13-11-8-5-2)50-44(48)31-24-18-14-20-26-37-46(39-40-47)38-27-21-15-19-25-32-45(49)51-43-35-33-41(34-36-43)28-9-6-3/h41-43,47H,4-40H2,1-3H3. The number of esters is 2. The van der Waals surface area contributed by atoms with Gasteiger partial charge in [0.25, 0.3) is 0 Å². The summed E-state index contributed by atoms with van der Waals surface area (Å²) in [5.74, 6) is 0.868. The fraction of sp³-hybridized carbons (Fsp3) is 0.956. The molecule has 302 valence electrons. The molecule has 1 saturated carbocycles. The third kappa shape index (κ3) is 29.9. The lowest BCUT2D eigenvalue weighted by atomic mass is 9.84. The normalized spacial score (nSPS) is 16.3. The fourth-order valence-corrected chi connectivity index (χ4v) is 7.83. The molecule has 6 heteroatoms. The smallest absolute Gasteiger partial charge is 0.306 e. The average Bonchev–Trinajstić information content (AvgIpc) is 3.13. The van der Waals surface area contributed by atoms with Crippen molar-refractivity contribution in [2.75, 3.05) is 26.2 Å². The van der Waals surface area contributed by atoms with Crippen LogP contribution in [0, 0.1) is 5.92 Å². The molecule has 0 saturated heterocycles.